The predicted molar refractivity (Wildman–Crippen MR) is 158 cm³/mol. The summed E-state index contributed by atoms with van der Waals surface area (Å²) < 4.78 is 5.35. The Labute approximate surface area is 238 Å². The van der Waals surface area contributed by atoms with Gasteiger partial charge in [-0.2, -0.15) is 0 Å². The van der Waals surface area contributed by atoms with E-state index in [4.69, 9.17) is 16.3 Å². The van der Waals surface area contributed by atoms with Crippen molar-refractivity contribution in [2.45, 2.75) is 26.7 Å². The molecular formula is C31H31ClN4O4. The fourth-order valence-corrected chi connectivity index (χ4v) is 5.09. The highest BCUT2D eigenvalue weighted by atomic mass is 35.5. The minimum atomic E-state index is -0.644. The molecule has 1 saturated heterocycles. The lowest BCUT2D eigenvalue weighted by molar-refractivity contribution is -0.120. The van der Waals surface area contributed by atoms with Crippen LogP contribution in [-0.2, 0) is 9.59 Å². The van der Waals surface area contributed by atoms with Gasteiger partial charge in [0.05, 0.1) is 12.8 Å². The van der Waals surface area contributed by atoms with E-state index in [1.807, 2.05) is 37.3 Å². The van der Waals surface area contributed by atoms with Crippen molar-refractivity contribution in [1.82, 2.24) is 0 Å². The lowest BCUT2D eigenvalue weighted by atomic mass is 9.99. The fraction of sp³-hybridized carbons (Fsp3) is 0.258. The Morgan fingerprint density at radius 2 is 1.57 bits per heavy atom. The lowest BCUT2D eigenvalue weighted by Gasteiger charge is -2.32. The number of methoxy groups -OCH3 is 1. The minimum Gasteiger partial charge on any atom is -0.495 e. The summed E-state index contributed by atoms with van der Waals surface area (Å²) in [6.45, 7) is 6.24. The van der Waals surface area contributed by atoms with E-state index < -0.39 is 11.8 Å². The Kier molecular flexibility index (Phi) is 7.80. The van der Waals surface area contributed by atoms with Gasteiger partial charge in [-0.25, -0.2) is 4.90 Å². The van der Waals surface area contributed by atoms with E-state index in [0.717, 1.165) is 35.2 Å². The van der Waals surface area contributed by atoms with Crippen molar-refractivity contribution < 1.29 is 19.1 Å². The van der Waals surface area contributed by atoms with Crippen LogP contribution in [0.2, 0.25) is 0 Å². The molecule has 5 rings (SSSR count). The van der Waals surface area contributed by atoms with Gasteiger partial charge in [-0.1, -0.05) is 24.6 Å². The number of piperidine rings is 1. The average molecular weight is 559 g/mol. The summed E-state index contributed by atoms with van der Waals surface area (Å²) in [5.41, 5.74) is 3.94. The first-order chi connectivity index (χ1) is 19.2. The van der Waals surface area contributed by atoms with Crippen molar-refractivity contribution in [1.29, 1.82) is 0 Å². The van der Waals surface area contributed by atoms with Crippen molar-refractivity contribution in [2.75, 3.05) is 40.6 Å². The first-order valence-electron chi connectivity index (χ1n) is 13.2. The molecule has 2 aliphatic rings. The molecule has 206 valence electrons. The van der Waals surface area contributed by atoms with Gasteiger partial charge in [-0.3, -0.25) is 14.4 Å². The third-order valence-electron chi connectivity index (χ3n) is 7.29. The monoisotopic (exact) mass is 558 g/mol. The predicted octanol–water partition coefficient (Wildman–Crippen LogP) is 5.93. The van der Waals surface area contributed by atoms with Gasteiger partial charge in [0.1, 0.15) is 16.5 Å². The van der Waals surface area contributed by atoms with Gasteiger partial charge < -0.3 is 20.3 Å². The Morgan fingerprint density at radius 3 is 2.23 bits per heavy atom. The summed E-state index contributed by atoms with van der Waals surface area (Å²) in [5.74, 6) is -0.348. The molecule has 2 heterocycles. The van der Waals surface area contributed by atoms with Crippen molar-refractivity contribution in [2.24, 2.45) is 5.92 Å². The largest absolute Gasteiger partial charge is 0.495 e. The first-order valence-corrected chi connectivity index (χ1v) is 13.6. The molecule has 0 unspecified atom stereocenters. The number of nitrogens with one attached hydrogen (secondary N) is 2. The number of amides is 3. The number of ether oxygens (including phenoxy) is 1. The number of hydrogen-bond donors (Lipinski definition) is 2. The zero-order valence-corrected chi connectivity index (χ0v) is 23.4. The summed E-state index contributed by atoms with van der Waals surface area (Å²) >= 11 is 6.29. The van der Waals surface area contributed by atoms with Crippen LogP contribution in [-0.4, -0.2) is 37.9 Å². The van der Waals surface area contributed by atoms with Gasteiger partial charge in [0.15, 0.2) is 0 Å². The highest BCUT2D eigenvalue weighted by Gasteiger charge is 2.40. The van der Waals surface area contributed by atoms with Crippen LogP contribution in [0.5, 0.6) is 5.75 Å². The molecule has 40 heavy (non-hydrogen) atoms. The number of aryl methyl sites for hydroxylation is 1. The standard InChI is InChI=1S/C31H31ClN4O4/c1-19-14-16-35(17-15-19)24-11-9-23(10-12-24)34-29(37)21-5-7-22(8-6-21)33-28-27(32)30(38)36(31(28)39)25-18-20(2)4-13-26(25)40-3/h4-13,18-19,33H,14-17H2,1-3H3,(H,34,37). The van der Waals surface area contributed by atoms with Gasteiger partial charge in [0.25, 0.3) is 17.7 Å². The molecule has 0 bridgehead atoms. The molecule has 0 aliphatic carbocycles. The van der Waals surface area contributed by atoms with E-state index >= 15 is 0 Å². The molecule has 8 nitrogen and oxygen atoms in total. The summed E-state index contributed by atoms with van der Waals surface area (Å²) in [4.78, 5) is 42.3. The van der Waals surface area contributed by atoms with E-state index in [1.165, 1.54) is 20.0 Å². The number of imide groups is 1. The Balaban J connectivity index is 1.23. The van der Waals surface area contributed by atoms with Crippen molar-refractivity contribution >= 4 is 52.1 Å². The Bertz CT molecular complexity index is 1480. The SMILES string of the molecule is COc1ccc(C)cc1N1C(=O)C(Cl)=C(Nc2ccc(C(=O)Nc3ccc(N4CCC(C)CC4)cc3)cc2)C1=O. The van der Waals surface area contributed by atoms with Gasteiger partial charge in [0.2, 0.25) is 0 Å². The molecule has 0 spiro atoms. The number of nitrogens with zero attached hydrogens (tertiary/aromatic N) is 2. The number of benzene rings is 3. The Morgan fingerprint density at radius 1 is 0.925 bits per heavy atom. The molecule has 0 radical (unpaired) electrons. The summed E-state index contributed by atoms with van der Waals surface area (Å²) in [5, 5.41) is 5.63. The molecule has 2 aliphatic heterocycles. The van der Waals surface area contributed by atoms with Crippen LogP contribution in [0.25, 0.3) is 0 Å². The summed E-state index contributed by atoms with van der Waals surface area (Å²) in [7, 11) is 1.47. The summed E-state index contributed by atoms with van der Waals surface area (Å²) in [6, 6.07) is 19.7. The fourth-order valence-electron chi connectivity index (χ4n) is 4.88. The molecule has 0 aromatic heterocycles. The van der Waals surface area contributed by atoms with Gasteiger partial charge in [-0.05, 0) is 91.9 Å². The third kappa shape index (κ3) is 5.53. The maximum Gasteiger partial charge on any atom is 0.283 e. The van der Waals surface area contributed by atoms with E-state index in [2.05, 4.69) is 22.5 Å². The van der Waals surface area contributed by atoms with Crippen LogP contribution in [0.1, 0.15) is 35.7 Å². The lowest BCUT2D eigenvalue weighted by Crippen LogP contribution is -2.32. The average Bonchev–Trinajstić information content (AvgIpc) is 3.17. The number of rotatable bonds is 7. The topological polar surface area (TPSA) is 91.0 Å². The second-order valence-electron chi connectivity index (χ2n) is 10.2. The Hall–Kier alpha value is -4.30. The maximum absolute atomic E-state index is 13.2. The van der Waals surface area contributed by atoms with Crippen LogP contribution in [0.3, 0.4) is 0 Å². The second kappa shape index (κ2) is 11.4. The van der Waals surface area contributed by atoms with Crippen molar-refractivity contribution in [3.63, 3.8) is 0 Å². The number of halogens is 1. The summed E-state index contributed by atoms with van der Waals surface area (Å²) in [6.07, 6.45) is 2.38. The highest BCUT2D eigenvalue weighted by Crippen LogP contribution is 2.36. The van der Waals surface area contributed by atoms with Crippen LogP contribution in [0, 0.1) is 12.8 Å². The van der Waals surface area contributed by atoms with Crippen molar-refractivity contribution in [3.05, 3.63) is 88.6 Å². The van der Waals surface area contributed by atoms with E-state index in [-0.39, 0.29) is 16.6 Å². The minimum absolute atomic E-state index is 0.0457. The molecule has 2 N–H and O–H groups in total. The number of hydrogen-bond acceptors (Lipinski definition) is 6. The van der Waals surface area contributed by atoms with E-state index in [9.17, 15) is 14.4 Å². The van der Waals surface area contributed by atoms with Gasteiger partial charge >= 0.3 is 0 Å². The highest BCUT2D eigenvalue weighted by molar-refractivity contribution is 6.53. The molecule has 0 saturated carbocycles. The van der Waals surface area contributed by atoms with Crippen LogP contribution in [0.4, 0.5) is 22.7 Å². The molecule has 9 heteroatoms. The van der Waals surface area contributed by atoms with Crippen molar-refractivity contribution in [3.8, 4) is 5.75 Å². The van der Waals surface area contributed by atoms with E-state index in [1.54, 1.807) is 36.4 Å². The number of carbonyl (C=O) groups is 3. The van der Waals surface area contributed by atoms with Gasteiger partial charge in [-0.15, -0.1) is 0 Å². The zero-order chi connectivity index (χ0) is 28.4. The molecule has 0 atom stereocenters. The maximum atomic E-state index is 13.2. The normalized spacial score (nSPS) is 16.0. The van der Waals surface area contributed by atoms with Crippen LogP contribution >= 0.6 is 11.6 Å². The molecule has 3 amide bonds. The third-order valence-corrected chi connectivity index (χ3v) is 7.64. The molecular weight excluding hydrogens is 528 g/mol. The van der Waals surface area contributed by atoms with Crippen LogP contribution in [0.15, 0.2) is 77.5 Å². The second-order valence-corrected chi connectivity index (χ2v) is 10.6. The zero-order valence-electron chi connectivity index (χ0n) is 22.7. The smallest absolute Gasteiger partial charge is 0.283 e. The molecule has 1 fully saturated rings. The molecule has 3 aromatic rings. The van der Waals surface area contributed by atoms with Crippen LogP contribution < -0.4 is 25.2 Å². The first kappa shape index (κ1) is 27.3. The number of anilines is 4. The molecule has 3 aromatic carbocycles. The number of carbonyl (C=O) groups excluding carboxylic acids is 3. The van der Waals surface area contributed by atoms with Gasteiger partial charge in [0, 0.05) is 35.7 Å². The van der Waals surface area contributed by atoms with E-state index in [0.29, 0.717) is 28.4 Å². The quantitative estimate of drug-likeness (QED) is 0.349.